The van der Waals surface area contributed by atoms with Gasteiger partial charge in [-0.1, -0.05) is 0 Å². The SMILES string of the molecule is CC1(O)C=C2COCC2=C(O)C1O. The molecule has 2 atom stereocenters. The van der Waals surface area contributed by atoms with Crippen molar-refractivity contribution in [2.45, 2.75) is 18.6 Å². The Hall–Kier alpha value is -0.840. The Labute approximate surface area is 75.8 Å². The lowest BCUT2D eigenvalue weighted by atomic mass is 9.86. The van der Waals surface area contributed by atoms with Crippen LogP contribution in [0.15, 0.2) is 23.0 Å². The molecule has 72 valence electrons. The maximum absolute atomic E-state index is 9.68. The number of hydrogen-bond acceptors (Lipinski definition) is 4. The first-order valence-electron chi connectivity index (χ1n) is 4.14. The van der Waals surface area contributed by atoms with Crippen LogP contribution < -0.4 is 0 Å². The van der Waals surface area contributed by atoms with Crippen molar-refractivity contribution in [3.05, 3.63) is 23.0 Å². The molecule has 2 aliphatic rings. The van der Waals surface area contributed by atoms with E-state index in [4.69, 9.17) is 4.74 Å². The van der Waals surface area contributed by atoms with E-state index < -0.39 is 11.7 Å². The van der Waals surface area contributed by atoms with Crippen LogP contribution in [0.1, 0.15) is 6.92 Å². The van der Waals surface area contributed by atoms with Gasteiger partial charge in [-0.2, -0.15) is 0 Å². The largest absolute Gasteiger partial charge is 0.509 e. The Morgan fingerprint density at radius 1 is 1.54 bits per heavy atom. The fourth-order valence-electron chi connectivity index (χ4n) is 1.68. The van der Waals surface area contributed by atoms with Crippen molar-refractivity contribution in [1.29, 1.82) is 0 Å². The molecule has 4 heteroatoms. The predicted octanol–water partition coefficient (Wildman–Crippen LogP) is -0.119. The van der Waals surface area contributed by atoms with E-state index in [0.29, 0.717) is 18.8 Å². The number of hydrogen-bond donors (Lipinski definition) is 3. The minimum absolute atomic E-state index is 0.167. The van der Waals surface area contributed by atoms with Gasteiger partial charge in [0, 0.05) is 5.57 Å². The third kappa shape index (κ3) is 1.18. The highest BCUT2D eigenvalue weighted by Crippen LogP contribution is 2.33. The smallest absolute Gasteiger partial charge is 0.143 e. The maximum atomic E-state index is 9.68. The standard InChI is InChI=1S/C9H12O4/c1-9(12)2-5-3-13-4-6(5)7(10)8(9)11/h2,8,10-12H,3-4H2,1H3. The molecule has 0 bridgehead atoms. The summed E-state index contributed by atoms with van der Waals surface area (Å²) in [4.78, 5) is 0. The van der Waals surface area contributed by atoms with E-state index in [2.05, 4.69) is 0 Å². The molecular weight excluding hydrogens is 172 g/mol. The zero-order chi connectivity index (χ0) is 9.64. The molecule has 1 aliphatic heterocycles. The molecule has 2 rings (SSSR count). The molecule has 1 aliphatic carbocycles. The number of rotatable bonds is 0. The first-order chi connectivity index (χ1) is 6.02. The quantitative estimate of drug-likeness (QED) is 0.491. The van der Waals surface area contributed by atoms with Gasteiger partial charge in [-0.25, -0.2) is 0 Å². The third-order valence-electron chi connectivity index (χ3n) is 2.48. The molecule has 0 spiro atoms. The summed E-state index contributed by atoms with van der Waals surface area (Å²) in [6.45, 7) is 2.16. The van der Waals surface area contributed by atoms with Crippen LogP contribution in [0.2, 0.25) is 0 Å². The van der Waals surface area contributed by atoms with E-state index in [0.717, 1.165) is 5.57 Å². The number of aliphatic hydroxyl groups is 3. The summed E-state index contributed by atoms with van der Waals surface area (Å²) in [5.41, 5.74) is -0.0109. The van der Waals surface area contributed by atoms with Gasteiger partial charge >= 0.3 is 0 Å². The molecule has 13 heavy (non-hydrogen) atoms. The summed E-state index contributed by atoms with van der Waals surface area (Å²) in [5.74, 6) is -0.167. The van der Waals surface area contributed by atoms with Gasteiger partial charge in [0.2, 0.25) is 0 Å². The number of aliphatic hydroxyl groups excluding tert-OH is 2. The van der Waals surface area contributed by atoms with Crippen molar-refractivity contribution in [3.63, 3.8) is 0 Å². The number of ether oxygens (including phenoxy) is 1. The summed E-state index contributed by atoms with van der Waals surface area (Å²) in [7, 11) is 0. The normalized spacial score (nSPS) is 39.0. The molecule has 1 saturated heterocycles. The van der Waals surface area contributed by atoms with Gasteiger partial charge in [0.15, 0.2) is 0 Å². The molecule has 1 heterocycles. The van der Waals surface area contributed by atoms with Crippen LogP contribution in [0.3, 0.4) is 0 Å². The molecule has 1 fully saturated rings. The lowest BCUT2D eigenvalue weighted by Crippen LogP contribution is -2.41. The zero-order valence-electron chi connectivity index (χ0n) is 7.32. The van der Waals surface area contributed by atoms with Gasteiger partial charge in [0.25, 0.3) is 0 Å². The molecule has 3 N–H and O–H groups in total. The van der Waals surface area contributed by atoms with E-state index in [9.17, 15) is 15.3 Å². The molecule has 0 aromatic carbocycles. The monoisotopic (exact) mass is 184 g/mol. The van der Waals surface area contributed by atoms with Crippen LogP contribution in [0.4, 0.5) is 0 Å². The third-order valence-corrected chi connectivity index (χ3v) is 2.48. The highest BCUT2D eigenvalue weighted by Gasteiger charge is 2.39. The molecule has 0 aromatic rings. The van der Waals surface area contributed by atoms with Crippen molar-refractivity contribution < 1.29 is 20.1 Å². The molecule has 4 nitrogen and oxygen atoms in total. The van der Waals surface area contributed by atoms with E-state index in [1.54, 1.807) is 6.08 Å². The molecule has 0 amide bonds. The van der Waals surface area contributed by atoms with Gasteiger partial charge in [-0.15, -0.1) is 0 Å². The summed E-state index contributed by atoms with van der Waals surface area (Å²) in [6, 6.07) is 0. The topological polar surface area (TPSA) is 69.9 Å². The van der Waals surface area contributed by atoms with Gasteiger partial charge < -0.3 is 20.1 Å². The fraction of sp³-hybridized carbons (Fsp3) is 0.556. The summed E-state index contributed by atoms with van der Waals surface area (Å²) >= 11 is 0. The summed E-state index contributed by atoms with van der Waals surface area (Å²) in [6.07, 6.45) is 0.299. The fourth-order valence-corrected chi connectivity index (χ4v) is 1.68. The Balaban J connectivity index is 2.47. The van der Waals surface area contributed by atoms with Gasteiger partial charge in [-0.05, 0) is 18.6 Å². The average Bonchev–Trinajstić information content (AvgIpc) is 2.47. The Kier molecular flexibility index (Phi) is 1.73. The van der Waals surface area contributed by atoms with Gasteiger partial charge in [-0.3, -0.25) is 0 Å². The highest BCUT2D eigenvalue weighted by atomic mass is 16.5. The second-order valence-electron chi connectivity index (χ2n) is 3.65. The second-order valence-corrected chi connectivity index (χ2v) is 3.65. The maximum Gasteiger partial charge on any atom is 0.143 e. The minimum atomic E-state index is -1.39. The van der Waals surface area contributed by atoms with Crippen molar-refractivity contribution in [2.75, 3.05) is 13.2 Å². The van der Waals surface area contributed by atoms with Crippen molar-refractivity contribution >= 4 is 0 Å². The second kappa shape index (κ2) is 2.57. The van der Waals surface area contributed by atoms with Crippen LogP contribution in [0, 0.1) is 0 Å². The van der Waals surface area contributed by atoms with Gasteiger partial charge in [0.1, 0.15) is 17.5 Å². The lowest BCUT2D eigenvalue weighted by molar-refractivity contribution is -0.0284. The molecule has 0 saturated carbocycles. The Morgan fingerprint density at radius 3 is 2.92 bits per heavy atom. The minimum Gasteiger partial charge on any atom is -0.509 e. The van der Waals surface area contributed by atoms with Crippen LogP contribution in [0.25, 0.3) is 0 Å². The van der Waals surface area contributed by atoms with Crippen LogP contribution in [0.5, 0.6) is 0 Å². The van der Waals surface area contributed by atoms with E-state index in [-0.39, 0.29) is 5.76 Å². The summed E-state index contributed by atoms with van der Waals surface area (Å²) in [5, 5.41) is 28.7. The van der Waals surface area contributed by atoms with Crippen molar-refractivity contribution in [1.82, 2.24) is 0 Å². The summed E-state index contributed by atoms with van der Waals surface area (Å²) < 4.78 is 5.10. The van der Waals surface area contributed by atoms with Crippen molar-refractivity contribution in [2.24, 2.45) is 0 Å². The van der Waals surface area contributed by atoms with Crippen molar-refractivity contribution in [3.8, 4) is 0 Å². The van der Waals surface area contributed by atoms with Gasteiger partial charge in [0.05, 0.1) is 13.2 Å². The van der Waals surface area contributed by atoms with Crippen LogP contribution in [-0.4, -0.2) is 40.2 Å². The Bertz CT molecular complexity index is 301. The molecule has 0 radical (unpaired) electrons. The first kappa shape index (κ1) is 8.74. The zero-order valence-corrected chi connectivity index (χ0v) is 7.32. The predicted molar refractivity (Wildman–Crippen MR) is 45.2 cm³/mol. The molecule has 0 aromatic heterocycles. The van der Waals surface area contributed by atoms with E-state index >= 15 is 0 Å². The molecular formula is C9H12O4. The van der Waals surface area contributed by atoms with E-state index in [1.165, 1.54) is 6.92 Å². The van der Waals surface area contributed by atoms with Crippen LogP contribution >= 0.6 is 0 Å². The Morgan fingerprint density at radius 2 is 2.23 bits per heavy atom. The lowest BCUT2D eigenvalue weighted by Gasteiger charge is -2.30. The molecule has 2 unspecified atom stereocenters. The van der Waals surface area contributed by atoms with Crippen LogP contribution in [-0.2, 0) is 4.74 Å². The van der Waals surface area contributed by atoms with E-state index in [1.807, 2.05) is 0 Å². The average molecular weight is 184 g/mol. The number of fused-ring (bicyclic) bond motifs is 1. The first-order valence-corrected chi connectivity index (χ1v) is 4.14. The highest BCUT2D eigenvalue weighted by molar-refractivity contribution is 5.44.